The van der Waals surface area contributed by atoms with Crippen LogP contribution in [0.2, 0.25) is 0 Å². The third-order valence-corrected chi connectivity index (χ3v) is 6.58. The summed E-state index contributed by atoms with van der Waals surface area (Å²) in [5, 5.41) is 0. The SMILES string of the molecule is CCCCn1cc(-c2nc(CS(=O)(=O)CC)ncc2Oc2ccc(F)cc2F)cc(C)c1=O. The fourth-order valence-electron chi connectivity index (χ4n) is 3.14. The highest BCUT2D eigenvalue weighted by molar-refractivity contribution is 7.90. The number of ether oxygens (including phenoxy) is 1. The summed E-state index contributed by atoms with van der Waals surface area (Å²) in [4.78, 5) is 21.0. The van der Waals surface area contributed by atoms with Crippen LogP contribution in [-0.2, 0) is 22.1 Å². The van der Waals surface area contributed by atoms with Crippen LogP contribution in [0.25, 0.3) is 11.3 Å². The van der Waals surface area contributed by atoms with Crippen LogP contribution in [0.5, 0.6) is 11.5 Å². The number of nitrogens with zero attached hydrogens (tertiary/aromatic N) is 3. The molecule has 2 heterocycles. The van der Waals surface area contributed by atoms with Crippen molar-refractivity contribution in [3.8, 4) is 22.8 Å². The number of rotatable bonds is 9. The van der Waals surface area contributed by atoms with Crippen molar-refractivity contribution >= 4 is 9.84 Å². The van der Waals surface area contributed by atoms with E-state index in [4.69, 9.17) is 4.74 Å². The molecule has 0 aliphatic carbocycles. The molecule has 0 amide bonds. The lowest BCUT2D eigenvalue weighted by Crippen LogP contribution is -2.22. The molecular formula is C23H25F2N3O4S. The summed E-state index contributed by atoms with van der Waals surface area (Å²) < 4.78 is 58.9. The first-order chi connectivity index (χ1) is 15.6. The van der Waals surface area contributed by atoms with E-state index in [1.165, 1.54) is 13.1 Å². The Kier molecular flexibility index (Phi) is 7.57. The molecule has 0 radical (unpaired) electrons. The van der Waals surface area contributed by atoms with E-state index >= 15 is 0 Å². The first-order valence-corrected chi connectivity index (χ1v) is 12.4. The van der Waals surface area contributed by atoms with Crippen molar-refractivity contribution in [1.82, 2.24) is 14.5 Å². The Hall–Kier alpha value is -3.14. The first kappa shape index (κ1) is 24.5. The van der Waals surface area contributed by atoms with Gasteiger partial charge in [-0.25, -0.2) is 27.2 Å². The first-order valence-electron chi connectivity index (χ1n) is 10.5. The maximum atomic E-state index is 14.2. The van der Waals surface area contributed by atoms with Crippen LogP contribution in [0.15, 0.2) is 41.5 Å². The number of hydrogen-bond acceptors (Lipinski definition) is 6. The van der Waals surface area contributed by atoms with E-state index in [9.17, 15) is 22.0 Å². The van der Waals surface area contributed by atoms with Gasteiger partial charge >= 0.3 is 0 Å². The van der Waals surface area contributed by atoms with Crippen molar-refractivity contribution in [2.45, 2.75) is 45.9 Å². The quantitative estimate of drug-likeness (QED) is 0.453. The number of halogens is 2. The van der Waals surface area contributed by atoms with Crippen molar-refractivity contribution in [2.75, 3.05) is 5.75 Å². The maximum absolute atomic E-state index is 14.2. The van der Waals surface area contributed by atoms with Crippen LogP contribution in [0.4, 0.5) is 8.78 Å². The minimum atomic E-state index is -3.41. The maximum Gasteiger partial charge on any atom is 0.253 e. The molecule has 0 N–H and O–H groups in total. The van der Waals surface area contributed by atoms with Gasteiger partial charge in [0.05, 0.1) is 6.20 Å². The molecule has 0 fully saturated rings. The molecule has 10 heteroatoms. The highest BCUT2D eigenvalue weighted by atomic mass is 32.2. The van der Waals surface area contributed by atoms with Crippen molar-refractivity contribution in [3.05, 3.63) is 70.0 Å². The lowest BCUT2D eigenvalue weighted by molar-refractivity contribution is 0.435. The van der Waals surface area contributed by atoms with Gasteiger partial charge in [0.25, 0.3) is 5.56 Å². The van der Waals surface area contributed by atoms with E-state index in [0.29, 0.717) is 23.7 Å². The van der Waals surface area contributed by atoms with Gasteiger partial charge in [-0.1, -0.05) is 20.3 Å². The molecule has 3 rings (SSSR count). The zero-order valence-electron chi connectivity index (χ0n) is 18.6. The fraction of sp³-hybridized carbons (Fsp3) is 0.348. The topological polar surface area (TPSA) is 91.2 Å². The zero-order valence-corrected chi connectivity index (χ0v) is 19.5. The van der Waals surface area contributed by atoms with Crippen molar-refractivity contribution in [3.63, 3.8) is 0 Å². The van der Waals surface area contributed by atoms with Gasteiger partial charge in [-0.15, -0.1) is 0 Å². The van der Waals surface area contributed by atoms with Gasteiger partial charge in [-0.2, -0.15) is 0 Å². The molecule has 0 saturated heterocycles. The summed E-state index contributed by atoms with van der Waals surface area (Å²) in [6, 6.07) is 4.49. The van der Waals surface area contributed by atoms with Crippen LogP contribution < -0.4 is 10.3 Å². The molecule has 33 heavy (non-hydrogen) atoms. The molecule has 2 aromatic heterocycles. The Morgan fingerprint density at radius 2 is 1.88 bits per heavy atom. The summed E-state index contributed by atoms with van der Waals surface area (Å²) in [6.07, 6.45) is 4.54. The van der Waals surface area contributed by atoms with Gasteiger partial charge in [0, 0.05) is 35.7 Å². The number of unbranched alkanes of at least 4 members (excludes halogenated alkanes) is 1. The van der Waals surface area contributed by atoms with E-state index in [1.54, 1.807) is 23.8 Å². The zero-order chi connectivity index (χ0) is 24.2. The second-order valence-corrected chi connectivity index (χ2v) is 9.97. The van der Waals surface area contributed by atoms with Crippen LogP contribution in [0.1, 0.15) is 38.1 Å². The monoisotopic (exact) mass is 477 g/mol. The predicted molar refractivity (Wildman–Crippen MR) is 121 cm³/mol. The molecule has 0 unspecified atom stereocenters. The van der Waals surface area contributed by atoms with Crippen molar-refractivity contribution < 1.29 is 21.9 Å². The summed E-state index contributed by atoms with van der Waals surface area (Å²) in [5.74, 6) is -2.29. The number of aryl methyl sites for hydroxylation is 2. The van der Waals surface area contributed by atoms with Gasteiger partial charge in [0.2, 0.25) is 0 Å². The molecule has 0 aliphatic rings. The molecule has 7 nitrogen and oxygen atoms in total. The molecular weight excluding hydrogens is 452 g/mol. The molecule has 0 spiro atoms. The van der Waals surface area contributed by atoms with Gasteiger partial charge in [0.1, 0.15) is 23.1 Å². The normalized spacial score (nSPS) is 11.5. The Labute approximate surface area is 191 Å². The Morgan fingerprint density at radius 1 is 1.12 bits per heavy atom. The Morgan fingerprint density at radius 3 is 2.55 bits per heavy atom. The molecule has 0 bridgehead atoms. The smallest absolute Gasteiger partial charge is 0.253 e. The standard InChI is InChI=1S/C23H25F2N3O4S/c1-4-6-9-28-13-16(10-15(3)23(28)29)22-20(32-19-8-7-17(24)11-18(19)25)12-26-21(27-22)14-33(30,31)5-2/h7-8,10-13H,4-6,9,14H2,1-3H3. The summed E-state index contributed by atoms with van der Waals surface area (Å²) in [5.41, 5.74) is 0.993. The van der Waals surface area contributed by atoms with Crippen LogP contribution in [0.3, 0.4) is 0 Å². The second kappa shape index (κ2) is 10.2. The molecule has 3 aromatic rings. The lowest BCUT2D eigenvalue weighted by Gasteiger charge is -2.14. The van der Waals surface area contributed by atoms with E-state index in [1.807, 2.05) is 6.92 Å². The molecule has 0 atom stereocenters. The van der Waals surface area contributed by atoms with E-state index in [-0.39, 0.29) is 40.1 Å². The molecule has 1 aromatic carbocycles. The third-order valence-electron chi connectivity index (χ3n) is 5.00. The molecule has 0 aliphatic heterocycles. The highest BCUT2D eigenvalue weighted by Crippen LogP contribution is 2.33. The molecule has 176 valence electrons. The van der Waals surface area contributed by atoms with Crippen molar-refractivity contribution in [1.29, 1.82) is 0 Å². The number of benzene rings is 1. The average molecular weight is 478 g/mol. The van der Waals surface area contributed by atoms with Crippen LogP contribution in [0, 0.1) is 18.6 Å². The van der Waals surface area contributed by atoms with Gasteiger partial charge < -0.3 is 9.30 Å². The number of pyridine rings is 1. The van der Waals surface area contributed by atoms with Gasteiger partial charge in [0.15, 0.2) is 27.2 Å². The second-order valence-electron chi connectivity index (χ2n) is 7.62. The van der Waals surface area contributed by atoms with Gasteiger partial charge in [-0.05, 0) is 31.5 Å². The largest absolute Gasteiger partial charge is 0.450 e. The van der Waals surface area contributed by atoms with Crippen LogP contribution in [-0.4, -0.2) is 28.7 Å². The van der Waals surface area contributed by atoms with Crippen molar-refractivity contribution in [2.24, 2.45) is 0 Å². The highest BCUT2D eigenvalue weighted by Gasteiger charge is 2.19. The fourth-order valence-corrected chi connectivity index (χ4v) is 3.88. The average Bonchev–Trinajstić information content (AvgIpc) is 2.77. The third kappa shape index (κ3) is 6.01. The van der Waals surface area contributed by atoms with Gasteiger partial charge in [-0.3, -0.25) is 4.79 Å². The summed E-state index contributed by atoms with van der Waals surface area (Å²) >= 11 is 0. The predicted octanol–water partition coefficient (Wildman–Crippen LogP) is 4.42. The van der Waals surface area contributed by atoms with E-state index < -0.39 is 21.5 Å². The van der Waals surface area contributed by atoms with E-state index in [0.717, 1.165) is 25.0 Å². The Balaban J connectivity index is 2.15. The van der Waals surface area contributed by atoms with Crippen LogP contribution >= 0.6 is 0 Å². The summed E-state index contributed by atoms with van der Waals surface area (Å²) in [6.45, 7) is 5.70. The summed E-state index contributed by atoms with van der Waals surface area (Å²) in [7, 11) is -3.41. The minimum Gasteiger partial charge on any atom is -0.450 e. The van der Waals surface area contributed by atoms with E-state index in [2.05, 4.69) is 9.97 Å². The minimum absolute atomic E-state index is 0.0400. The lowest BCUT2D eigenvalue weighted by atomic mass is 10.1. The number of aromatic nitrogens is 3. The Bertz CT molecular complexity index is 1320. The number of sulfone groups is 1. The number of hydrogen-bond donors (Lipinski definition) is 0. The molecule has 0 saturated carbocycles.